The van der Waals surface area contributed by atoms with Crippen molar-refractivity contribution in [3.05, 3.63) is 59.2 Å². The van der Waals surface area contributed by atoms with Gasteiger partial charge in [0.1, 0.15) is 5.75 Å². The van der Waals surface area contributed by atoms with Gasteiger partial charge in [-0.3, -0.25) is 9.59 Å². The lowest BCUT2D eigenvalue weighted by Gasteiger charge is -2.22. The third kappa shape index (κ3) is 5.57. The van der Waals surface area contributed by atoms with Crippen molar-refractivity contribution in [2.24, 2.45) is 5.92 Å². The molecule has 0 bridgehead atoms. The van der Waals surface area contributed by atoms with E-state index in [2.05, 4.69) is 16.0 Å². The Morgan fingerprint density at radius 2 is 1.83 bits per heavy atom. The lowest BCUT2D eigenvalue weighted by atomic mass is 9.97. The summed E-state index contributed by atoms with van der Waals surface area (Å²) in [6.45, 7) is 4.84. The Morgan fingerprint density at radius 3 is 2.52 bits per heavy atom. The first kappa shape index (κ1) is 20.9. The molecular formula is C23H29N3O3. The highest BCUT2D eigenvalue weighted by Gasteiger charge is 2.16. The Kier molecular flexibility index (Phi) is 7.25. The van der Waals surface area contributed by atoms with Crippen molar-refractivity contribution in [2.75, 3.05) is 38.6 Å². The smallest absolute Gasteiger partial charge is 0.239 e. The van der Waals surface area contributed by atoms with E-state index in [0.29, 0.717) is 22.8 Å². The van der Waals surface area contributed by atoms with Crippen molar-refractivity contribution in [1.82, 2.24) is 10.6 Å². The highest BCUT2D eigenvalue weighted by Crippen LogP contribution is 2.22. The minimum absolute atomic E-state index is 0.0326. The molecule has 1 aliphatic rings. The number of ketones is 1. The van der Waals surface area contributed by atoms with Gasteiger partial charge in [0, 0.05) is 23.4 Å². The van der Waals surface area contributed by atoms with E-state index >= 15 is 0 Å². The molecule has 29 heavy (non-hydrogen) atoms. The van der Waals surface area contributed by atoms with Crippen LogP contribution in [0.3, 0.4) is 0 Å². The standard InChI is InChI=1S/C23H29N3O3/c1-16-20(23(28)18-6-8-19(29-2)9-7-18)4-3-5-21(16)25-15-22(27)26-14-17-10-12-24-13-11-17/h3-9,17,24-25H,10-15H2,1-2H3,(H,26,27). The quantitative estimate of drug-likeness (QED) is 0.599. The average Bonchev–Trinajstić information content (AvgIpc) is 2.77. The molecule has 0 unspecified atom stereocenters. The Balaban J connectivity index is 1.59. The Morgan fingerprint density at radius 1 is 1.10 bits per heavy atom. The highest BCUT2D eigenvalue weighted by atomic mass is 16.5. The maximum Gasteiger partial charge on any atom is 0.239 e. The number of ether oxygens (including phenoxy) is 1. The molecule has 2 aromatic rings. The van der Waals surface area contributed by atoms with Crippen LogP contribution < -0.4 is 20.7 Å². The molecule has 0 aliphatic carbocycles. The second-order valence-corrected chi connectivity index (χ2v) is 7.39. The van der Waals surface area contributed by atoms with Gasteiger partial charge in [0.15, 0.2) is 5.78 Å². The van der Waals surface area contributed by atoms with Crippen LogP contribution in [0.4, 0.5) is 5.69 Å². The maximum absolute atomic E-state index is 12.9. The zero-order valence-corrected chi connectivity index (χ0v) is 17.1. The molecule has 0 atom stereocenters. The normalized spacial score (nSPS) is 14.3. The predicted octanol–water partition coefficient (Wildman–Crippen LogP) is 2.76. The van der Waals surface area contributed by atoms with Gasteiger partial charge >= 0.3 is 0 Å². The minimum atomic E-state index is -0.0517. The fourth-order valence-electron chi connectivity index (χ4n) is 3.55. The van der Waals surface area contributed by atoms with Gasteiger partial charge < -0.3 is 20.7 Å². The SMILES string of the molecule is COc1ccc(C(=O)c2cccc(NCC(=O)NCC3CCNCC3)c2C)cc1. The molecule has 2 aromatic carbocycles. The molecule has 1 fully saturated rings. The van der Waals surface area contributed by atoms with Gasteiger partial charge in [-0.05, 0) is 74.7 Å². The van der Waals surface area contributed by atoms with Crippen molar-refractivity contribution in [3.63, 3.8) is 0 Å². The van der Waals surface area contributed by atoms with Crippen LogP contribution in [-0.2, 0) is 4.79 Å². The summed E-state index contributed by atoms with van der Waals surface area (Å²) in [6.07, 6.45) is 2.20. The molecule has 154 valence electrons. The molecule has 6 heteroatoms. The van der Waals surface area contributed by atoms with Gasteiger partial charge in [0.05, 0.1) is 13.7 Å². The van der Waals surface area contributed by atoms with Crippen molar-refractivity contribution in [3.8, 4) is 5.75 Å². The second kappa shape index (κ2) is 10.1. The van der Waals surface area contributed by atoms with Gasteiger partial charge in [-0.25, -0.2) is 0 Å². The minimum Gasteiger partial charge on any atom is -0.497 e. The van der Waals surface area contributed by atoms with Crippen molar-refractivity contribution in [1.29, 1.82) is 0 Å². The van der Waals surface area contributed by atoms with Crippen LogP contribution in [0.25, 0.3) is 0 Å². The summed E-state index contributed by atoms with van der Waals surface area (Å²) in [5.41, 5.74) is 2.85. The van der Waals surface area contributed by atoms with E-state index in [1.807, 2.05) is 25.1 Å². The van der Waals surface area contributed by atoms with E-state index < -0.39 is 0 Å². The van der Waals surface area contributed by atoms with Crippen molar-refractivity contribution >= 4 is 17.4 Å². The molecule has 3 N–H and O–H groups in total. The van der Waals surface area contributed by atoms with Crippen molar-refractivity contribution in [2.45, 2.75) is 19.8 Å². The lowest BCUT2D eigenvalue weighted by molar-refractivity contribution is -0.119. The van der Waals surface area contributed by atoms with E-state index in [1.165, 1.54) is 0 Å². The monoisotopic (exact) mass is 395 g/mol. The van der Waals surface area contributed by atoms with E-state index in [1.54, 1.807) is 31.4 Å². The van der Waals surface area contributed by atoms with E-state index in [9.17, 15) is 9.59 Å². The van der Waals surface area contributed by atoms with Gasteiger partial charge in [-0.15, -0.1) is 0 Å². The van der Waals surface area contributed by atoms with Crippen LogP contribution in [0, 0.1) is 12.8 Å². The Bertz CT molecular complexity index is 843. The Labute approximate surface area is 172 Å². The van der Waals surface area contributed by atoms with Crippen LogP contribution in [0.2, 0.25) is 0 Å². The predicted molar refractivity (Wildman–Crippen MR) is 115 cm³/mol. The molecule has 1 saturated heterocycles. The van der Waals surface area contributed by atoms with E-state index in [4.69, 9.17) is 4.74 Å². The van der Waals surface area contributed by atoms with Gasteiger partial charge in [0.25, 0.3) is 0 Å². The van der Waals surface area contributed by atoms with Gasteiger partial charge in [0.2, 0.25) is 5.91 Å². The molecule has 6 nitrogen and oxygen atoms in total. The van der Waals surface area contributed by atoms with Crippen LogP contribution >= 0.6 is 0 Å². The maximum atomic E-state index is 12.9. The summed E-state index contributed by atoms with van der Waals surface area (Å²) >= 11 is 0. The third-order valence-corrected chi connectivity index (χ3v) is 5.42. The lowest BCUT2D eigenvalue weighted by Crippen LogP contribution is -2.38. The number of piperidine rings is 1. The number of carbonyl (C=O) groups is 2. The highest BCUT2D eigenvalue weighted by molar-refractivity contribution is 6.10. The molecule has 0 spiro atoms. The van der Waals surface area contributed by atoms with E-state index in [-0.39, 0.29) is 18.2 Å². The third-order valence-electron chi connectivity index (χ3n) is 5.42. The van der Waals surface area contributed by atoms with Crippen LogP contribution in [0.15, 0.2) is 42.5 Å². The molecule has 0 saturated carbocycles. The van der Waals surface area contributed by atoms with Crippen LogP contribution in [0.1, 0.15) is 34.3 Å². The molecule has 1 amide bonds. The van der Waals surface area contributed by atoms with Crippen LogP contribution in [0.5, 0.6) is 5.75 Å². The first-order valence-electron chi connectivity index (χ1n) is 10.1. The number of methoxy groups -OCH3 is 1. The summed E-state index contributed by atoms with van der Waals surface area (Å²) < 4.78 is 5.15. The second-order valence-electron chi connectivity index (χ2n) is 7.39. The van der Waals surface area contributed by atoms with Crippen molar-refractivity contribution < 1.29 is 14.3 Å². The summed E-state index contributed by atoms with van der Waals surface area (Å²) in [4.78, 5) is 25.1. The van der Waals surface area contributed by atoms with E-state index in [0.717, 1.165) is 43.7 Å². The molecule has 3 rings (SSSR count). The summed E-state index contributed by atoms with van der Waals surface area (Å²) in [5.74, 6) is 1.18. The van der Waals surface area contributed by atoms with Crippen LogP contribution in [-0.4, -0.2) is 45.0 Å². The number of amides is 1. The summed E-state index contributed by atoms with van der Waals surface area (Å²) in [5, 5.41) is 9.51. The van der Waals surface area contributed by atoms with Gasteiger partial charge in [-0.2, -0.15) is 0 Å². The summed E-state index contributed by atoms with van der Waals surface area (Å²) in [7, 11) is 1.60. The number of carbonyl (C=O) groups excluding carboxylic acids is 2. The fraction of sp³-hybridized carbons (Fsp3) is 0.391. The number of hydrogen-bond acceptors (Lipinski definition) is 5. The molecule has 1 heterocycles. The zero-order chi connectivity index (χ0) is 20.6. The Hall–Kier alpha value is -2.86. The zero-order valence-electron chi connectivity index (χ0n) is 17.1. The molecule has 0 radical (unpaired) electrons. The average molecular weight is 396 g/mol. The first-order valence-corrected chi connectivity index (χ1v) is 10.1. The number of nitrogens with one attached hydrogen (secondary N) is 3. The molecular weight excluding hydrogens is 366 g/mol. The molecule has 1 aliphatic heterocycles. The first-order chi connectivity index (χ1) is 14.1. The number of anilines is 1. The fourth-order valence-corrected chi connectivity index (χ4v) is 3.55. The number of rotatable bonds is 8. The largest absolute Gasteiger partial charge is 0.497 e. The van der Waals surface area contributed by atoms with Gasteiger partial charge in [-0.1, -0.05) is 12.1 Å². The number of hydrogen-bond donors (Lipinski definition) is 3. The summed E-state index contributed by atoms with van der Waals surface area (Å²) in [6, 6.07) is 12.6. The topological polar surface area (TPSA) is 79.5 Å². The number of benzene rings is 2. The molecule has 0 aromatic heterocycles.